The Balaban J connectivity index is 2.56. The lowest BCUT2D eigenvalue weighted by molar-refractivity contribution is 0.0949. The predicted octanol–water partition coefficient (Wildman–Crippen LogP) is 2.02. The van der Waals surface area contributed by atoms with Gasteiger partial charge in [-0.2, -0.15) is 0 Å². The molecular formula is C13H18FNO2S. The molecule has 0 heterocycles. The summed E-state index contributed by atoms with van der Waals surface area (Å²) in [5.74, 6) is -0.910. The molecule has 1 amide bonds. The average molecular weight is 271 g/mol. The number of rotatable bonds is 5. The molecule has 0 aliphatic carbocycles. The molecule has 1 aromatic rings. The highest BCUT2D eigenvalue weighted by Crippen LogP contribution is 2.11. The fourth-order valence-electron chi connectivity index (χ4n) is 1.47. The van der Waals surface area contributed by atoms with Gasteiger partial charge in [-0.3, -0.25) is 9.00 Å². The van der Waals surface area contributed by atoms with Gasteiger partial charge in [0.25, 0.3) is 5.91 Å². The van der Waals surface area contributed by atoms with Crippen LogP contribution in [0.1, 0.15) is 29.3 Å². The summed E-state index contributed by atoms with van der Waals surface area (Å²) in [5, 5.41) is 2.66. The Morgan fingerprint density at radius 2 is 2.17 bits per heavy atom. The van der Waals surface area contributed by atoms with E-state index in [0.717, 1.165) is 0 Å². The number of benzene rings is 1. The lowest BCUT2D eigenvalue weighted by Crippen LogP contribution is -2.28. The van der Waals surface area contributed by atoms with Crippen molar-refractivity contribution < 1.29 is 13.4 Å². The minimum atomic E-state index is -0.903. The Morgan fingerprint density at radius 1 is 1.50 bits per heavy atom. The van der Waals surface area contributed by atoms with E-state index in [1.807, 2.05) is 6.92 Å². The van der Waals surface area contributed by atoms with E-state index in [2.05, 4.69) is 5.32 Å². The molecule has 1 aromatic carbocycles. The molecule has 18 heavy (non-hydrogen) atoms. The highest BCUT2D eigenvalue weighted by Gasteiger charge is 2.13. The average Bonchev–Trinajstić information content (AvgIpc) is 2.32. The van der Waals surface area contributed by atoms with Crippen LogP contribution in [0, 0.1) is 12.7 Å². The molecule has 2 unspecified atom stereocenters. The topological polar surface area (TPSA) is 46.2 Å². The first kappa shape index (κ1) is 14.8. The smallest absolute Gasteiger partial charge is 0.254 e. The van der Waals surface area contributed by atoms with Gasteiger partial charge < -0.3 is 5.32 Å². The first-order chi connectivity index (χ1) is 8.43. The van der Waals surface area contributed by atoms with E-state index in [1.165, 1.54) is 6.07 Å². The van der Waals surface area contributed by atoms with Crippen molar-refractivity contribution in [3.63, 3.8) is 0 Å². The van der Waals surface area contributed by atoms with Gasteiger partial charge in [0.1, 0.15) is 5.82 Å². The van der Waals surface area contributed by atoms with Crippen LogP contribution in [0.3, 0.4) is 0 Å². The second-order valence-electron chi connectivity index (χ2n) is 4.29. The van der Waals surface area contributed by atoms with Crippen molar-refractivity contribution in [1.82, 2.24) is 5.32 Å². The second-order valence-corrected chi connectivity index (χ2v) is 6.09. The summed E-state index contributed by atoms with van der Waals surface area (Å²) in [7, 11) is -0.903. The minimum absolute atomic E-state index is 0.0210. The number of halogens is 1. The Hall–Kier alpha value is -1.23. The van der Waals surface area contributed by atoms with Crippen LogP contribution in [0.4, 0.5) is 4.39 Å². The van der Waals surface area contributed by atoms with Crippen LogP contribution >= 0.6 is 0 Å². The van der Waals surface area contributed by atoms with E-state index in [9.17, 15) is 13.4 Å². The van der Waals surface area contributed by atoms with Gasteiger partial charge >= 0.3 is 0 Å². The molecule has 0 bridgehead atoms. The van der Waals surface area contributed by atoms with Crippen LogP contribution in [0.5, 0.6) is 0 Å². The maximum atomic E-state index is 13.7. The third-order valence-electron chi connectivity index (χ3n) is 2.84. The summed E-state index contributed by atoms with van der Waals surface area (Å²) in [5.41, 5.74) is 0.506. The predicted molar refractivity (Wildman–Crippen MR) is 71.6 cm³/mol. The van der Waals surface area contributed by atoms with E-state index in [1.54, 1.807) is 25.3 Å². The van der Waals surface area contributed by atoms with E-state index >= 15 is 0 Å². The molecule has 0 saturated heterocycles. The molecular weight excluding hydrogens is 253 g/mol. The van der Waals surface area contributed by atoms with Crippen molar-refractivity contribution in [3.05, 3.63) is 35.1 Å². The molecule has 1 N–H and O–H groups in total. The Labute approximate surface area is 109 Å². The Kier molecular flexibility index (Phi) is 5.47. The number of aryl methyl sites for hydroxylation is 1. The lowest BCUT2D eigenvalue weighted by Gasteiger charge is -2.10. The van der Waals surface area contributed by atoms with E-state index in [0.29, 0.717) is 18.5 Å². The van der Waals surface area contributed by atoms with Gasteiger partial charge in [0.05, 0.1) is 5.56 Å². The van der Waals surface area contributed by atoms with Crippen LogP contribution in [0.15, 0.2) is 18.2 Å². The quantitative estimate of drug-likeness (QED) is 0.890. The fourth-order valence-corrected chi connectivity index (χ4v) is 1.92. The molecule has 0 fully saturated rings. The third-order valence-corrected chi connectivity index (χ3v) is 4.21. The van der Waals surface area contributed by atoms with Gasteiger partial charge in [0, 0.05) is 28.9 Å². The van der Waals surface area contributed by atoms with E-state index in [4.69, 9.17) is 0 Å². The molecule has 3 nitrogen and oxygen atoms in total. The normalized spacial score (nSPS) is 14.0. The van der Waals surface area contributed by atoms with Crippen LogP contribution in [-0.2, 0) is 10.8 Å². The molecule has 0 spiro atoms. The van der Waals surface area contributed by atoms with Gasteiger partial charge in [-0.05, 0) is 25.0 Å². The summed E-state index contributed by atoms with van der Waals surface area (Å²) in [6.07, 6.45) is 2.25. The van der Waals surface area contributed by atoms with Crippen molar-refractivity contribution in [2.75, 3.05) is 12.8 Å². The number of hydrogen-bond donors (Lipinski definition) is 1. The van der Waals surface area contributed by atoms with Crippen LogP contribution in [0.2, 0.25) is 0 Å². The summed E-state index contributed by atoms with van der Waals surface area (Å²) in [4.78, 5) is 11.7. The molecule has 1 rings (SSSR count). The Morgan fingerprint density at radius 3 is 2.78 bits per heavy atom. The number of amides is 1. The zero-order chi connectivity index (χ0) is 13.7. The molecule has 2 atom stereocenters. The van der Waals surface area contributed by atoms with Gasteiger partial charge in [-0.25, -0.2) is 4.39 Å². The van der Waals surface area contributed by atoms with Gasteiger partial charge in [0.15, 0.2) is 0 Å². The van der Waals surface area contributed by atoms with Crippen molar-refractivity contribution in [1.29, 1.82) is 0 Å². The zero-order valence-corrected chi connectivity index (χ0v) is 11.6. The molecule has 0 saturated carbocycles. The van der Waals surface area contributed by atoms with Crippen molar-refractivity contribution in [2.45, 2.75) is 25.5 Å². The summed E-state index contributed by atoms with van der Waals surface area (Å²) < 4.78 is 24.8. The molecule has 5 heteroatoms. The summed E-state index contributed by atoms with van der Waals surface area (Å²) in [6, 6.07) is 4.73. The number of carbonyl (C=O) groups excluding carboxylic acids is 1. The van der Waals surface area contributed by atoms with Gasteiger partial charge in [0.2, 0.25) is 0 Å². The fraction of sp³-hybridized carbons (Fsp3) is 0.462. The largest absolute Gasteiger partial charge is 0.352 e. The van der Waals surface area contributed by atoms with Crippen LogP contribution in [-0.4, -0.2) is 28.2 Å². The number of carbonyl (C=O) groups is 1. The molecule has 0 aliphatic heterocycles. The summed E-state index contributed by atoms with van der Waals surface area (Å²) >= 11 is 0. The molecule has 0 radical (unpaired) electrons. The van der Waals surface area contributed by atoms with E-state index in [-0.39, 0.29) is 10.8 Å². The third kappa shape index (κ3) is 3.91. The first-order valence-electron chi connectivity index (χ1n) is 5.79. The SMILES string of the molecule is Cc1cccc(C(=O)NCCC(C)S(C)=O)c1F. The minimum Gasteiger partial charge on any atom is -0.352 e. The van der Waals surface area contributed by atoms with E-state index < -0.39 is 22.5 Å². The van der Waals surface area contributed by atoms with Crippen molar-refractivity contribution in [3.8, 4) is 0 Å². The molecule has 0 aromatic heterocycles. The molecule has 100 valence electrons. The second kappa shape index (κ2) is 6.64. The van der Waals surface area contributed by atoms with Gasteiger partial charge in [-0.1, -0.05) is 19.1 Å². The molecule has 0 aliphatic rings. The maximum absolute atomic E-state index is 13.7. The Bertz CT molecular complexity index is 462. The first-order valence-corrected chi connectivity index (χ1v) is 7.41. The summed E-state index contributed by atoms with van der Waals surface area (Å²) in [6.45, 7) is 3.87. The van der Waals surface area contributed by atoms with Gasteiger partial charge in [-0.15, -0.1) is 0 Å². The van der Waals surface area contributed by atoms with Crippen molar-refractivity contribution >= 4 is 16.7 Å². The lowest BCUT2D eigenvalue weighted by atomic mass is 10.1. The zero-order valence-electron chi connectivity index (χ0n) is 10.8. The van der Waals surface area contributed by atoms with Crippen LogP contribution in [0.25, 0.3) is 0 Å². The number of nitrogens with one attached hydrogen (secondary N) is 1. The van der Waals surface area contributed by atoms with Crippen LogP contribution < -0.4 is 5.32 Å². The highest BCUT2D eigenvalue weighted by molar-refractivity contribution is 7.84. The highest BCUT2D eigenvalue weighted by atomic mass is 32.2. The maximum Gasteiger partial charge on any atom is 0.254 e. The van der Waals surface area contributed by atoms with Crippen molar-refractivity contribution in [2.24, 2.45) is 0 Å². The monoisotopic (exact) mass is 271 g/mol. The number of hydrogen-bond acceptors (Lipinski definition) is 2. The standard InChI is InChI=1S/C13H18FNO2S/c1-9-5-4-6-11(12(9)14)13(16)15-8-7-10(2)18(3)17/h4-6,10H,7-8H2,1-3H3,(H,15,16).